The molecule has 0 aliphatic carbocycles. The summed E-state index contributed by atoms with van der Waals surface area (Å²) in [5, 5.41) is 2.74. The number of carbonyl (C=O) groups is 1. The Labute approximate surface area is 124 Å². The molecule has 0 atom stereocenters. The van der Waals surface area contributed by atoms with Crippen molar-refractivity contribution < 1.29 is 9.53 Å². The third kappa shape index (κ3) is 3.58. The van der Waals surface area contributed by atoms with E-state index in [1.807, 2.05) is 32.0 Å². The summed E-state index contributed by atoms with van der Waals surface area (Å²) < 4.78 is 5.89. The molecule has 1 amide bonds. The number of aromatic nitrogens is 1. The molecule has 5 heteroatoms. The third-order valence-corrected chi connectivity index (χ3v) is 3.05. The Hall–Kier alpha value is -2.40. The van der Waals surface area contributed by atoms with E-state index in [1.54, 1.807) is 12.1 Å². The van der Waals surface area contributed by atoms with Gasteiger partial charge in [0.1, 0.15) is 0 Å². The lowest BCUT2D eigenvalue weighted by Crippen LogP contribution is -2.08. The van der Waals surface area contributed by atoms with Gasteiger partial charge in [-0.3, -0.25) is 4.79 Å². The van der Waals surface area contributed by atoms with Gasteiger partial charge < -0.3 is 15.8 Å². The zero-order valence-electron chi connectivity index (χ0n) is 12.4. The minimum Gasteiger partial charge on any atom is -0.436 e. The number of anilines is 1. The summed E-state index contributed by atoms with van der Waals surface area (Å²) >= 11 is 0. The molecular weight excluding hydrogens is 266 g/mol. The van der Waals surface area contributed by atoms with Gasteiger partial charge in [0.05, 0.1) is 5.69 Å². The van der Waals surface area contributed by atoms with Crippen molar-refractivity contribution in [2.24, 2.45) is 5.73 Å². The first kappa shape index (κ1) is 15.0. The van der Waals surface area contributed by atoms with Crippen LogP contribution in [0.25, 0.3) is 0 Å². The molecule has 2 rings (SSSR count). The molecule has 3 N–H and O–H groups in total. The van der Waals surface area contributed by atoms with Gasteiger partial charge in [0.2, 0.25) is 11.8 Å². The maximum absolute atomic E-state index is 11.2. The monoisotopic (exact) mass is 285 g/mol. The smallest absolute Gasteiger partial charge is 0.224 e. The lowest BCUT2D eigenvalue weighted by molar-refractivity contribution is -0.114. The van der Waals surface area contributed by atoms with E-state index < -0.39 is 0 Å². The highest BCUT2D eigenvalue weighted by Gasteiger charge is 2.12. The molecule has 0 aliphatic heterocycles. The number of pyridine rings is 1. The van der Waals surface area contributed by atoms with E-state index in [1.165, 1.54) is 6.92 Å². The fourth-order valence-corrected chi connectivity index (χ4v) is 2.11. The molecule has 110 valence electrons. The van der Waals surface area contributed by atoms with Crippen LogP contribution in [-0.2, 0) is 11.3 Å². The van der Waals surface area contributed by atoms with E-state index in [2.05, 4.69) is 10.3 Å². The summed E-state index contributed by atoms with van der Waals surface area (Å²) in [7, 11) is 0. The minimum atomic E-state index is -0.154. The largest absolute Gasteiger partial charge is 0.436 e. The van der Waals surface area contributed by atoms with Gasteiger partial charge in [-0.1, -0.05) is 12.1 Å². The van der Waals surface area contributed by atoms with Crippen LogP contribution in [0, 0.1) is 13.8 Å². The molecule has 0 aliphatic rings. The Morgan fingerprint density at radius 1 is 1.33 bits per heavy atom. The van der Waals surface area contributed by atoms with Crippen molar-refractivity contribution in [2.75, 3.05) is 5.32 Å². The average molecular weight is 285 g/mol. The number of benzene rings is 1. The maximum Gasteiger partial charge on any atom is 0.224 e. The van der Waals surface area contributed by atoms with Gasteiger partial charge in [-0.2, -0.15) is 0 Å². The van der Waals surface area contributed by atoms with Crippen LogP contribution in [0.5, 0.6) is 11.6 Å². The Balaban J connectivity index is 2.41. The second-order valence-corrected chi connectivity index (χ2v) is 4.85. The quantitative estimate of drug-likeness (QED) is 0.905. The van der Waals surface area contributed by atoms with Gasteiger partial charge >= 0.3 is 0 Å². The van der Waals surface area contributed by atoms with Crippen molar-refractivity contribution in [2.45, 2.75) is 27.3 Å². The Kier molecular flexibility index (Phi) is 4.55. The number of carbonyl (C=O) groups excluding carboxylic acids is 1. The van der Waals surface area contributed by atoms with Crippen molar-refractivity contribution in [1.82, 2.24) is 4.98 Å². The molecule has 0 fully saturated rings. The fraction of sp³-hybridized carbons (Fsp3) is 0.250. The second kappa shape index (κ2) is 6.37. The number of hydrogen-bond donors (Lipinski definition) is 2. The molecule has 1 heterocycles. The van der Waals surface area contributed by atoms with E-state index in [-0.39, 0.29) is 5.91 Å². The van der Waals surface area contributed by atoms with E-state index >= 15 is 0 Å². The van der Waals surface area contributed by atoms with Crippen LogP contribution in [0.4, 0.5) is 5.69 Å². The summed E-state index contributed by atoms with van der Waals surface area (Å²) in [6, 6.07) is 9.20. The molecule has 0 bridgehead atoms. The third-order valence-electron chi connectivity index (χ3n) is 3.05. The van der Waals surface area contributed by atoms with Gasteiger partial charge in [-0.05, 0) is 37.6 Å². The highest BCUT2D eigenvalue weighted by Crippen LogP contribution is 2.31. The van der Waals surface area contributed by atoms with Crippen LogP contribution in [0.15, 0.2) is 30.3 Å². The van der Waals surface area contributed by atoms with E-state index in [9.17, 15) is 4.79 Å². The van der Waals surface area contributed by atoms with Crippen molar-refractivity contribution in [1.29, 1.82) is 0 Å². The standard InChI is InChI=1S/C16H19N3O2/c1-10-8-11(2)18-16(13(10)9-17)21-15-7-5-4-6-14(15)19-12(3)20/h4-8H,9,17H2,1-3H3,(H,19,20). The summed E-state index contributed by atoms with van der Waals surface area (Å²) in [4.78, 5) is 15.7. The van der Waals surface area contributed by atoms with Gasteiger partial charge in [0, 0.05) is 24.7 Å². The zero-order chi connectivity index (χ0) is 15.4. The predicted molar refractivity (Wildman–Crippen MR) is 82.4 cm³/mol. The van der Waals surface area contributed by atoms with Crippen molar-refractivity contribution in [3.8, 4) is 11.6 Å². The first-order valence-corrected chi connectivity index (χ1v) is 6.73. The highest BCUT2D eigenvalue weighted by molar-refractivity contribution is 5.90. The molecule has 0 saturated heterocycles. The predicted octanol–water partition coefficient (Wildman–Crippen LogP) is 2.91. The SMILES string of the molecule is CC(=O)Nc1ccccc1Oc1nc(C)cc(C)c1CN. The average Bonchev–Trinajstić information content (AvgIpc) is 2.40. The van der Waals surface area contributed by atoms with Gasteiger partial charge in [-0.25, -0.2) is 4.98 Å². The zero-order valence-corrected chi connectivity index (χ0v) is 12.4. The van der Waals surface area contributed by atoms with Crippen LogP contribution < -0.4 is 15.8 Å². The van der Waals surface area contributed by atoms with E-state index in [4.69, 9.17) is 10.5 Å². The van der Waals surface area contributed by atoms with Crippen molar-refractivity contribution >= 4 is 11.6 Å². The number of aryl methyl sites for hydroxylation is 2. The summed E-state index contributed by atoms with van der Waals surface area (Å²) in [5.41, 5.74) is 9.15. The summed E-state index contributed by atoms with van der Waals surface area (Å²) in [6.07, 6.45) is 0. The second-order valence-electron chi connectivity index (χ2n) is 4.85. The molecule has 1 aromatic carbocycles. The molecule has 2 aromatic rings. The minimum absolute atomic E-state index is 0.154. The number of nitrogens with two attached hydrogens (primary N) is 1. The number of nitrogens with one attached hydrogen (secondary N) is 1. The number of ether oxygens (including phenoxy) is 1. The topological polar surface area (TPSA) is 77.2 Å². The Morgan fingerprint density at radius 2 is 2.05 bits per heavy atom. The maximum atomic E-state index is 11.2. The first-order chi connectivity index (χ1) is 10.0. The number of rotatable bonds is 4. The van der Waals surface area contributed by atoms with Crippen molar-refractivity contribution in [3.63, 3.8) is 0 Å². The van der Waals surface area contributed by atoms with Gasteiger partial charge in [0.15, 0.2) is 5.75 Å². The van der Waals surface area contributed by atoms with Gasteiger partial charge in [-0.15, -0.1) is 0 Å². The fourth-order valence-electron chi connectivity index (χ4n) is 2.11. The number of para-hydroxylation sites is 2. The van der Waals surface area contributed by atoms with Crippen molar-refractivity contribution in [3.05, 3.63) is 47.2 Å². The van der Waals surface area contributed by atoms with Crippen LogP contribution in [-0.4, -0.2) is 10.9 Å². The molecule has 0 spiro atoms. The molecule has 0 radical (unpaired) electrons. The summed E-state index contributed by atoms with van der Waals surface area (Å²) in [6.45, 7) is 5.68. The Bertz CT molecular complexity index is 669. The first-order valence-electron chi connectivity index (χ1n) is 6.73. The van der Waals surface area contributed by atoms with Crippen LogP contribution in [0.3, 0.4) is 0 Å². The van der Waals surface area contributed by atoms with Gasteiger partial charge in [0.25, 0.3) is 0 Å². The number of amides is 1. The Morgan fingerprint density at radius 3 is 2.71 bits per heavy atom. The molecule has 21 heavy (non-hydrogen) atoms. The number of hydrogen-bond acceptors (Lipinski definition) is 4. The molecule has 0 saturated carbocycles. The highest BCUT2D eigenvalue weighted by atomic mass is 16.5. The molecule has 0 unspecified atom stereocenters. The lowest BCUT2D eigenvalue weighted by Gasteiger charge is -2.15. The van der Waals surface area contributed by atoms with E-state index in [0.717, 1.165) is 16.8 Å². The van der Waals surface area contributed by atoms with E-state index in [0.29, 0.717) is 23.9 Å². The van der Waals surface area contributed by atoms with Crippen LogP contribution in [0.1, 0.15) is 23.7 Å². The molecular formula is C16H19N3O2. The molecule has 1 aromatic heterocycles. The van der Waals surface area contributed by atoms with Crippen LogP contribution in [0.2, 0.25) is 0 Å². The van der Waals surface area contributed by atoms with Crippen LogP contribution >= 0.6 is 0 Å². The lowest BCUT2D eigenvalue weighted by atomic mass is 10.1. The summed E-state index contributed by atoms with van der Waals surface area (Å²) in [5.74, 6) is 0.867. The number of nitrogens with zero attached hydrogens (tertiary/aromatic N) is 1. The molecule has 5 nitrogen and oxygen atoms in total. The normalized spacial score (nSPS) is 10.3.